The van der Waals surface area contributed by atoms with Crippen molar-refractivity contribution in [1.82, 2.24) is 10.2 Å². The van der Waals surface area contributed by atoms with E-state index in [2.05, 4.69) is 11.4 Å². The molecule has 2 atom stereocenters. The van der Waals surface area contributed by atoms with Crippen LogP contribution in [0.5, 0.6) is 0 Å². The van der Waals surface area contributed by atoms with Gasteiger partial charge in [-0.1, -0.05) is 6.07 Å². The number of rotatable bonds is 6. The van der Waals surface area contributed by atoms with Gasteiger partial charge in [0.15, 0.2) is 0 Å². The molecule has 1 saturated heterocycles. The Labute approximate surface area is 128 Å². The second-order valence-electron chi connectivity index (χ2n) is 5.79. The van der Waals surface area contributed by atoms with E-state index >= 15 is 0 Å². The van der Waals surface area contributed by atoms with Crippen molar-refractivity contribution in [1.29, 1.82) is 0 Å². The Kier molecular flexibility index (Phi) is 4.26. The number of amides is 1. The molecular formula is C15H20N2O3S. The van der Waals surface area contributed by atoms with Gasteiger partial charge in [-0.05, 0) is 43.0 Å². The summed E-state index contributed by atoms with van der Waals surface area (Å²) in [7, 11) is 0. The van der Waals surface area contributed by atoms with Crippen LogP contribution in [-0.4, -0.2) is 41.0 Å². The maximum atomic E-state index is 12.4. The third-order valence-electron chi connectivity index (χ3n) is 4.28. The first-order chi connectivity index (χ1) is 10.2. The topological polar surface area (TPSA) is 69.6 Å². The van der Waals surface area contributed by atoms with E-state index in [4.69, 9.17) is 0 Å². The number of carbonyl (C=O) groups excluding carboxylic acids is 1. The quantitative estimate of drug-likeness (QED) is 0.841. The molecule has 0 bridgehead atoms. The van der Waals surface area contributed by atoms with Gasteiger partial charge in [-0.3, -0.25) is 14.9 Å². The number of carboxylic acid groups (broad SMARTS) is 1. The van der Waals surface area contributed by atoms with E-state index in [1.807, 2.05) is 16.3 Å². The zero-order valence-corrected chi connectivity index (χ0v) is 12.6. The van der Waals surface area contributed by atoms with Crippen molar-refractivity contribution in [3.63, 3.8) is 0 Å². The smallest absolute Gasteiger partial charge is 0.320 e. The van der Waals surface area contributed by atoms with E-state index in [0.29, 0.717) is 0 Å². The van der Waals surface area contributed by atoms with Crippen LogP contribution in [0.4, 0.5) is 0 Å². The average molecular weight is 308 g/mol. The highest BCUT2D eigenvalue weighted by Gasteiger charge is 2.37. The summed E-state index contributed by atoms with van der Waals surface area (Å²) >= 11 is 1.68. The SMILES string of the molecule is O=C(O)C(NCC(=O)N1CCCC1c1cccs1)C1CC1. The summed E-state index contributed by atoms with van der Waals surface area (Å²) in [6, 6.07) is 3.67. The summed E-state index contributed by atoms with van der Waals surface area (Å²) < 4.78 is 0. The van der Waals surface area contributed by atoms with Crippen LogP contribution in [0.1, 0.15) is 36.6 Å². The predicted molar refractivity (Wildman–Crippen MR) is 80.2 cm³/mol. The number of nitrogens with zero attached hydrogens (tertiary/aromatic N) is 1. The van der Waals surface area contributed by atoms with Crippen LogP contribution in [0.25, 0.3) is 0 Å². The monoisotopic (exact) mass is 308 g/mol. The highest BCUT2D eigenvalue weighted by molar-refractivity contribution is 7.10. The van der Waals surface area contributed by atoms with E-state index in [1.54, 1.807) is 11.3 Å². The number of likely N-dealkylation sites (tertiary alicyclic amines) is 1. The molecule has 21 heavy (non-hydrogen) atoms. The summed E-state index contributed by atoms with van der Waals surface area (Å²) in [6.45, 7) is 0.888. The van der Waals surface area contributed by atoms with E-state index in [1.165, 1.54) is 4.88 Å². The van der Waals surface area contributed by atoms with Gasteiger partial charge in [0, 0.05) is 11.4 Å². The molecule has 0 aromatic carbocycles. The first kappa shape index (κ1) is 14.5. The van der Waals surface area contributed by atoms with Crippen LogP contribution in [-0.2, 0) is 9.59 Å². The molecule has 2 N–H and O–H groups in total. The zero-order chi connectivity index (χ0) is 14.8. The summed E-state index contributed by atoms with van der Waals surface area (Å²) in [4.78, 5) is 26.7. The molecule has 1 aliphatic carbocycles. The van der Waals surface area contributed by atoms with Gasteiger partial charge in [-0.2, -0.15) is 0 Å². The first-order valence-corrected chi connectivity index (χ1v) is 8.34. The van der Waals surface area contributed by atoms with E-state index in [9.17, 15) is 14.7 Å². The molecule has 1 aliphatic heterocycles. The molecule has 114 valence electrons. The zero-order valence-electron chi connectivity index (χ0n) is 11.8. The van der Waals surface area contributed by atoms with Crippen LogP contribution in [0.15, 0.2) is 17.5 Å². The predicted octanol–water partition coefficient (Wildman–Crippen LogP) is 1.86. The Morgan fingerprint density at radius 2 is 2.24 bits per heavy atom. The Morgan fingerprint density at radius 1 is 1.43 bits per heavy atom. The minimum absolute atomic E-state index is 0.0119. The molecule has 2 heterocycles. The number of nitrogens with one attached hydrogen (secondary N) is 1. The van der Waals surface area contributed by atoms with E-state index < -0.39 is 12.0 Å². The molecule has 2 unspecified atom stereocenters. The lowest BCUT2D eigenvalue weighted by molar-refractivity contribution is -0.140. The van der Waals surface area contributed by atoms with E-state index in [-0.39, 0.29) is 24.4 Å². The van der Waals surface area contributed by atoms with Crippen LogP contribution >= 0.6 is 11.3 Å². The highest BCUT2D eigenvalue weighted by atomic mass is 32.1. The third-order valence-corrected chi connectivity index (χ3v) is 5.25. The van der Waals surface area contributed by atoms with Gasteiger partial charge >= 0.3 is 5.97 Å². The lowest BCUT2D eigenvalue weighted by Crippen LogP contribution is -2.45. The Hall–Kier alpha value is -1.40. The maximum Gasteiger partial charge on any atom is 0.320 e. The molecular weight excluding hydrogens is 288 g/mol. The summed E-state index contributed by atoms with van der Waals surface area (Å²) in [5.74, 6) is -0.638. The van der Waals surface area contributed by atoms with Crippen molar-refractivity contribution < 1.29 is 14.7 Å². The van der Waals surface area contributed by atoms with Crippen LogP contribution in [0.2, 0.25) is 0 Å². The minimum atomic E-state index is -0.846. The molecule has 1 saturated carbocycles. The molecule has 1 aromatic heterocycles. The molecule has 2 fully saturated rings. The number of hydrogen-bond acceptors (Lipinski definition) is 4. The Balaban J connectivity index is 1.58. The average Bonchev–Trinajstić information content (AvgIpc) is 2.96. The van der Waals surface area contributed by atoms with Gasteiger partial charge in [0.25, 0.3) is 0 Å². The summed E-state index contributed by atoms with van der Waals surface area (Å²) in [5, 5.41) is 14.1. The fourth-order valence-corrected chi connectivity index (χ4v) is 3.90. The van der Waals surface area contributed by atoms with Gasteiger partial charge in [0.2, 0.25) is 5.91 Å². The van der Waals surface area contributed by atoms with Gasteiger partial charge < -0.3 is 10.0 Å². The minimum Gasteiger partial charge on any atom is -0.480 e. The molecule has 2 aliphatic rings. The summed E-state index contributed by atoms with van der Waals surface area (Å²) in [6.07, 6.45) is 3.90. The molecule has 6 heteroatoms. The van der Waals surface area contributed by atoms with Gasteiger partial charge in [0.1, 0.15) is 6.04 Å². The standard InChI is InChI=1S/C15H20N2O3S/c18-13(9-16-14(15(19)20)10-5-6-10)17-7-1-3-11(17)12-4-2-8-21-12/h2,4,8,10-11,14,16H,1,3,5-7,9H2,(H,19,20). The largest absolute Gasteiger partial charge is 0.480 e. The van der Waals surface area contributed by atoms with E-state index in [0.717, 1.165) is 32.2 Å². The van der Waals surface area contributed by atoms with Gasteiger partial charge in [0.05, 0.1) is 12.6 Å². The van der Waals surface area contributed by atoms with Crippen LogP contribution in [0.3, 0.4) is 0 Å². The van der Waals surface area contributed by atoms with Crippen molar-refractivity contribution in [2.45, 2.75) is 37.8 Å². The second kappa shape index (κ2) is 6.15. The van der Waals surface area contributed by atoms with Crippen LogP contribution < -0.4 is 5.32 Å². The Morgan fingerprint density at radius 3 is 2.86 bits per heavy atom. The van der Waals surface area contributed by atoms with Crippen molar-refractivity contribution in [2.24, 2.45) is 5.92 Å². The second-order valence-corrected chi connectivity index (χ2v) is 6.77. The Bertz CT molecular complexity index is 513. The molecule has 0 spiro atoms. The fourth-order valence-electron chi connectivity index (χ4n) is 3.03. The van der Waals surface area contributed by atoms with Gasteiger partial charge in [-0.15, -0.1) is 11.3 Å². The lowest BCUT2D eigenvalue weighted by Gasteiger charge is -2.25. The van der Waals surface area contributed by atoms with Gasteiger partial charge in [-0.25, -0.2) is 0 Å². The van der Waals surface area contributed by atoms with Crippen molar-refractivity contribution >= 4 is 23.2 Å². The third kappa shape index (κ3) is 3.27. The van der Waals surface area contributed by atoms with Crippen molar-refractivity contribution in [3.8, 4) is 0 Å². The molecule has 1 aromatic rings. The molecule has 1 amide bonds. The maximum absolute atomic E-state index is 12.4. The lowest BCUT2D eigenvalue weighted by atomic mass is 10.1. The number of carbonyl (C=O) groups is 2. The summed E-state index contributed by atoms with van der Waals surface area (Å²) in [5.41, 5.74) is 0. The molecule has 3 rings (SSSR count). The highest BCUT2D eigenvalue weighted by Crippen LogP contribution is 2.35. The van der Waals surface area contributed by atoms with Crippen molar-refractivity contribution in [2.75, 3.05) is 13.1 Å². The molecule has 0 radical (unpaired) electrons. The first-order valence-electron chi connectivity index (χ1n) is 7.46. The number of aliphatic carboxylic acids is 1. The molecule has 5 nitrogen and oxygen atoms in total. The van der Waals surface area contributed by atoms with Crippen LogP contribution in [0, 0.1) is 5.92 Å². The number of carboxylic acids is 1. The van der Waals surface area contributed by atoms with Crippen molar-refractivity contribution in [3.05, 3.63) is 22.4 Å². The number of thiophene rings is 1. The normalized spacial score (nSPS) is 23.2. The fraction of sp³-hybridized carbons (Fsp3) is 0.600. The number of hydrogen-bond donors (Lipinski definition) is 2.